The van der Waals surface area contributed by atoms with Crippen molar-refractivity contribution in [3.63, 3.8) is 0 Å². The average molecular weight is 148 g/mol. The first kappa shape index (κ1) is 8.82. The third-order valence-corrected chi connectivity index (χ3v) is 2.38. The molecule has 0 saturated heterocycles. The van der Waals surface area contributed by atoms with Gasteiger partial charge in [-0.05, 0) is 6.42 Å². The molecule has 0 aromatic heterocycles. The Labute approximate surface area is 59.6 Å². The molecule has 0 fully saturated rings. The minimum atomic E-state index is -0.722. The smallest absolute Gasteiger partial charge is 0.313 e. The van der Waals surface area contributed by atoms with E-state index in [0.29, 0.717) is 5.25 Å². The highest BCUT2D eigenvalue weighted by atomic mass is 32.2. The zero-order valence-electron chi connectivity index (χ0n) is 5.76. The van der Waals surface area contributed by atoms with E-state index >= 15 is 0 Å². The van der Waals surface area contributed by atoms with Crippen molar-refractivity contribution in [2.24, 2.45) is 0 Å². The van der Waals surface area contributed by atoms with Crippen LogP contribution in [-0.4, -0.2) is 22.1 Å². The lowest BCUT2D eigenvalue weighted by Gasteiger charge is -2.03. The fourth-order valence-corrected chi connectivity index (χ4v) is 0.994. The minimum absolute atomic E-state index is 0.231. The van der Waals surface area contributed by atoms with E-state index in [4.69, 9.17) is 5.11 Å². The second-order valence-electron chi connectivity index (χ2n) is 1.92. The highest BCUT2D eigenvalue weighted by molar-refractivity contribution is 8.00. The zero-order valence-corrected chi connectivity index (χ0v) is 6.57. The lowest BCUT2D eigenvalue weighted by molar-refractivity contribution is -0.133. The van der Waals surface area contributed by atoms with Crippen LogP contribution in [0.5, 0.6) is 0 Å². The highest BCUT2D eigenvalue weighted by Gasteiger charge is 2.01. The maximum Gasteiger partial charge on any atom is 0.313 e. The molecule has 0 aliphatic rings. The van der Waals surface area contributed by atoms with Crippen LogP contribution < -0.4 is 0 Å². The molecule has 1 atom stereocenters. The topological polar surface area (TPSA) is 37.3 Å². The zero-order chi connectivity index (χ0) is 7.28. The molecule has 0 aliphatic heterocycles. The molecule has 0 amide bonds. The Kier molecular flexibility index (Phi) is 4.58. The van der Waals surface area contributed by atoms with E-state index in [1.807, 2.05) is 6.92 Å². The van der Waals surface area contributed by atoms with Gasteiger partial charge < -0.3 is 5.11 Å². The Hall–Kier alpha value is -0.180. The maximum absolute atomic E-state index is 10.00. The van der Waals surface area contributed by atoms with Crippen LogP contribution in [0.2, 0.25) is 0 Å². The third kappa shape index (κ3) is 5.69. The van der Waals surface area contributed by atoms with Crippen LogP contribution >= 0.6 is 11.8 Å². The van der Waals surface area contributed by atoms with Crippen LogP contribution in [0.1, 0.15) is 20.3 Å². The van der Waals surface area contributed by atoms with Crippen LogP contribution in [0.4, 0.5) is 0 Å². The number of aliphatic carboxylic acids is 1. The first-order valence-corrected chi connectivity index (χ1v) is 4.05. The second-order valence-corrected chi connectivity index (χ2v) is 3.35. The van der Waals surface area contributed by atoms with Crippen LogP contribution in [0.25, 0.3) is 0 Å². The number of carbonyl (C=O) groups is 1. The molecule has 0 radical (unpaired) electrons. The van der Waals surface area contributed by atoms with E-state index < -0.39 is 5.97 Å². The number of hydrogen-bond donors (Lipinski definition) is 1. The summed E-state index contributed by atoms with van der Waals surface area (Å²) in [6.45, 7) is 4.09. The number of carboxylic acids is 1. The van der Waals surface area contributed by atoms with E-state index in [1.165, 1.54) is 11.8 Å². The fourth-order valence-electron chi connectivity index (χ4n) is 0.331. The molecule has 9 heavy (non-hydrogen) atoms. The van der Waals surface area contributed by atoms with Crippen molar-refractivity contribution in [2.75, 3.05) is 5.75 Å². The molecule has 54 valence electrons. The van der Waals surface area contributed by atoms with Gasteiger partial charge in [0.1, 0.15) is 0 Å². The van der Waals surface area contributed by atoms with Gasteiger partial charge in [-0.25, -0.2) is 0 Å². The largest absolute Gasteiger partial charge is 0.481 e. The predicted molar refractivity (Wildman–Crippen MR) is 39.8 cm³/mol. The van der Waals surface area contributed by atoms with Crippen molar-refractivity contribution in [3.8, 4) is 0 Å². The van der Waals surface area contributed by atoms with Gasteiger partial charge in [0.2, 0.25) is 0 Å². The van der Waals surface area contributed by atoms with Crippen molar-refractivity contribution in [2.45, 2.75) is 25.5 Å². The predicted octanol–water partition coefficient (Wildman–Crippen LogP) is 1.60. The van der Waals surface area contributed by atoms with Gasteiger partial charge in [0, 0.05) is 5.25 Å². The Balaban J connectivity index is 3.16. The molecule has 0 bridgehead atoms. The van der Waals surface area contributed by atoms with Crippen molar-refractivity contribution in [1.29, 1.82) is 0 Å². The quantitative estimate of drug-likeness (QED) is 0.658. The molecule has 0 aromatic rings. The standard InChI is InChI=1S/C6H12O2S/c1-3-5(2)9-4-6(7)8/h5H,3-4H2,1-2H3,(H,7,8). The van der Waals surface area contributed by atoms with Crippen molar-refractivity contribution in [1.82, 2.24) is 0 Å². The lowest BCUT2D eigenvalue weighted by atomic mass is 10.4. The van der Waals surface area contributed by atoms with Gasteiger partial charge in [0.15, 0.2) is 0 Å². The van der Waals surface area contributed by atoms with E-state index in [0.717, 1.165) is 6.42 Å². The molecular weight excluding hydrogens is 136 g/mol. The Morgan fingerprint density at radius 2 is 2.33 bits per heavy atom. The van der Waals surface area contributed by atoms with Crippen molar-refractivity contribution < 1.29 is 9.90 Å². The monoisotopic (exact) mass is 148 g/mol. The number of carboxylic acid groups (broad SMARTS) is 1. The summed E-state index contributed by atoms with van der Waals surface area (Å²) in [6, 6.07) is 0. The molecule has 0 saturated carbocycles. The number of thioether (sulfide) groups is 1. The molecule has 0 aliphatic carbocycles. The van der Waals surface area contributed by atoms with Crippen LogP contribution in [0.3, 0.4) is 0 Å². The summed E-state index contributed by atoms with van der Waals surface area (Å²) < 4.78 is 0. The number of rotatable bonds is 4. The minimum Gasteiger partial charge on any atom is -0.481 e. The van der Waals surface area contributed by atoms with E-state index in [-0.39, 0.29) is 5.75 Å². The van der Waals surface area contributed by atoms with Gasteiger partial charge in [-0.3, -0.25) is 4.79 Å². The van der Waals surface area contributed by atoms with Crippen molar-refractivity contribution >= 4 is 17.7 Å². The molecule has 2 nitrogen and oxygen atoms in total. The molecule has 0 heterocycles. The van der Waals surface area contributed by atoms with Gasteiger partial charge in [-0.15, -0.1) is 11.8 Å². The Bertz CT molecular complexity index is 93.1. The lowest BCUT2D eigenvalue weighted by Crippen LogP contribution is -2.03. The molecule has 1 N–H and O–H groups in total. The molecule has 3 heteroatoms. The van der Waals surface area contributed by atoms with Gasteiger partial charge in [0.25, 0.3) is 0 Å². The van der Waals surface area contributed by atoms with Crippen LogP contribution in [-0.2, 0) is 4.79 Å². The van der Waals surface area contributed by atoms with E-state index in [2.05, 4.69) is 6.92 Å². The van der Waals surface area contributed by atoms with Crippen molar-refractivity contribution in [3.05, 3.63) is 0 Å². The fraction of sp³-hybridized carbons (Fsp3) is 0.833. The SMILES string of the molecule is CCC(C)SCC(=O)O. The summed E-state index contributed by atoms with van der Waals surface area (Å²) in [7, 11) is 0. The highest BCUT2D eigenvalue weighted by Crippen LogP contribution is 2.12. The van der Waals surface area contributed by atoms with Gasteiger partial charge in [-0.1, -0.05) is 13.8 Å². The summed E-state index contributed by atoms with van der Waals surface area (Å²) in [4.78, 5) is 10.00. The Morgan fingerprint density at radius 3 is 2.67 bits per heavy atom. The molecule has 0 spiro atoms. The molecule has 0 rings (SSSR count). The average Bonchev–Trinajstić information content (AvgIpc) is 1.83. The van der Waals surface area contributed by atoms with Gasteiger partial charge >= 0.3 is 5.97 Å². The third-order valence-electron chi connectivity index (χ3n) is 1.07. The van der Waals surface area contributed by atoms with Crippen LogP contribution in [0, 0.1) is 0 Å². The van der Waals surface area contributed by atoms with Gasteiger partial charge in [0.05, 0.1) is 5.75 Å². The first-order valence-electron chi connectivity index (χ1n) is 3.00. The molecule has 1 unspecified atom stereocenters. The van der Waals surface area contributed by atoms with Crippen LogP contribution in [0.15, 0.2) is 0 Å². The summed E-state index contributed by atoms with van der Waals surface area (Å²) >= 11 is 1.48. The Morgan fingerprint density at radius 1 is 1.78 bits per heavy atom. The normalized spacial score (nSPS) is 13.1. The molecule has 0 aromatic carbocycles. The van der Waals surface area contributed by atoms with E-state index in [1.54, 1.807) is 0 Å². The molecular formula is C6H12O2S. The van der Waals surface area contributed by atoms with Gasteiger partial charge in [-0.2, -0.15) is 0 Å². The summed E-state index contributed by atoms with van der Waals surface area (Å²) in [5, 5.41) is 8.71. The summed E-state index contributed by atoms with van der Waals surface area (Å²) in [5.41, 5.74) is 0. The summed E-state index contributed by atoms with van der Waals surface area (Å²) in [5.74, 6) is -0.491. The maximum atomic E-state index is 10.00. The first-order chi connectivity index (χ1) is 4.16. The second kappa shape index (κ2) is 4.68. The number of hydrogen-bond acceptors (Lipinski definition) is 2. The summed E-state index contributed by atoms with van der Waals surface area (Å²) in [6.07, 6.45) is 1.04. The van der Waals surface area contributed by atoms with E-state index in [9.17, 15) is 4.79 Å².